The van der Waals surface area contributed by atoms with Crippen LogP contribution in [-0.4, -0.2) is 59.1 Å². The number of hydrogen-bond acceptors (Lipinski definition) is 4. The molecule has 0 atom stereocenters. The van der Waals surface area contributed by atoms with Crippen molar-refractivity contribution in [3.63, 3.8) is 0 Å². The van der Waals surface area contributed by atoms with E-state index in [2.05, 4.69) is 26.8 Å². The fourth-order valence-electron chi connectivity index (χ4n) is 5.26. The van der Waals surface area contributed by atoms with Gasteiger partial charge in [-0.3, -0.25) is 14.7 Å². The molecule has 0 bridgehead atoms. The Bertz CT molecular complexity index is 573. The van der Waals surface area contributed by atoms with Gasteiger partial charge >= 0.3 is 0 Å². The fraction of sp³-hybridized carbons (Fsp3) is 0.750. The normalized spacial score (nSPS) is 23.1. The summed E-state index contributed by atoms with van der Waals surface area (Å²) in [6, 6.07) is 4.61. The molecule has 4 heteroatoms. The van der Waals surface area contributed by atoms with Crippen molar-refractivity contribution in [1.29, 1.82) is 0 Å². The minimum atomic E-state index is 0.568. The van der Waals surface area contributed by atoms with Crippen LogP contribution in [-0.2, 0) is 19.6 Å². The van der Waals surface area contributed by atoms with Gasteiger partial charge in [-0.1, -0.05) is 19.3 Å². The smallest absolute Gasteiger partial charge is 0.124 e. The SMILES string of the molecule is Oc1c(CN2CCCCC2)cc(CN2CCCCC2)cc1CN1CCCCC1. The molecule has 3 aliphatic rings. The van der Waals surface area contributed by atoms with Crippen LogP contribution in [0.2, 0.25) is 0 Å². The fourth-order valence-corrected chi connectivity index (χ4v) is 5.26. The molecule has 3 fully saturated rings. The zero-order chi connectivity index (χ0) is 19.2. The molecule has 3 aliphatic heterocycles. The molecule has 1 N–H and O–H groups in total. The third-order valence-electron chi connectivity index (χ3n) is 6.87. The summed E-state index contributed by atoms with van der Waals surface area (Å²) in [6.07, 6.45) is 12.0. The summed E-state index contributed by atoms with van der Waals surface area (Å²) in [7, 11) is 0. The van der Waals surface area contributed by atoms with Gasteiger partial charge < -0.3 is 5.11 Å². The van der Waals surface area contributed by atoms with Crippen molar-refractivity contribution in [3.05, 3.63) is 28.8 Å². The van der Waals surface area contributed by atoms with Crippen molar-refractivity contribution in [2.45, 2.75) is 77.4 Å². The molecule has 1 aromatic rings. The molecule has 0 aliphatic carbocycles. The van der Waals surface area contributed by atoms with Gasteiger partial charge in [0.15, 0.2) is 0 Å². The maximum Gasteiger partial charge on any atom is 0.124 e. The maximum atomic E-state index is 11.1. The van der Waals surface area contributed by atoms with Crippen LogP contribution < -0.4 is 0 Å². The summed E-state index contributed by atoms with van der Waals surface area (Å²) >= 11 is 0. The summed E-state index contributed by atoms with van der Waals surface area (Å²) in [6.45, 7) is 10.0. The molecular weight excluding hydrogens is 346 g/mol. The number of benzene rings is 1. The van der Waals surface area contributed by atoms with Crippen molar-refractivity contribution in [3.8, 4) is 5.75 Å². The van der Waals surface area contributed by atoms with Gasteiger partial charge in [-0.2, -0.15) is 0 Å². The van der Waals surface area contributed by atoms with Crippen LogP contribution in [0.4, 0.5) is 0 Å². The first-order valence-corrected chi connectivity index (χ1v) is 11.8. The monoisotopic (exact) mass is 385 g/mol. The second-order valence-electron chi connectivity index (χ2n) is 9.27. The zero-order valence-corrected chi connectivity index (χ0v) is 17.7. The molecule has 28 heavy (non-hydrogen) atoms. The Hall–Kier alpha value is -1.10. The Balaban J connectivity index is 1.53. The number of piperidine rings is 3. The number of rotatable bonds is 6. The summed E-state index contributed by atoms with van der Waals surface area (Å²) in [5, 5.41) is 11.1. The van der Waals surface area contributed by atoms with E-state index < -0.39 is 0 Å². The van der Waals surface area contributed by atoms with Crippen LogP contribution >= 0.6 is 0 Å². The van der Waals surface area contributed by atoms with E-state index in [1.807, 2.05) is 0 Å². The molecule has 4 rings (SSSR count). The molecule has 3 saturated heterocycles. The highest BCUT2D eigenvalue weighted by Crippen LogP contribution is 2.30. The van der Waals surface area contributed by atoms with E-state index in [0.717, 1.165) is 30.8 Å². The van der Waals surface area contributed by atoms with Crippen molar-refractivity contribution in [2.75, 3.05) is 39.3 Å². The number of phenolic OH excluding ortho intramolecular Hbond substituents is 1. The van der Waals surface area contributed by atoms with Crippen molar-refractivity contribution < 1.29 is 5.11 Å². The lowest BCUT2D eigenvalue weighted by Gasteiger charge is -2.30. The average molecular weight is 386 g/mol. The Morgan fingerprint density at radius 1 is 0.536 bits per heavy atom. The molecule has 4 nitrogen and oxygen atoms in total. The van der Waals surface area contributed by atoms with Gasteiger partial charge in [0.1, 0.15) is 5.75 Å². The van der Waals surface area contributed by atoms with E-state index >= 15 is 0 Å². The van der Waals surface area contributed by atoms with Crippen LogP contribution in [0, 0.1) is 0 Å². The second kappa shape index (κ2) is 10.1. The standard InChI is InChI=1S/C24H39N3O/c28-24-22(19-26-12-6-2-7-13-26)16-21(18-25-10-4-1-5-11-25)17-23(24)20-27-14-8-3-9-15-27/h16-17,28H,1-15,18-20H2. The van der Waals surface area contributed by atoms with E-state index in [-0.39, 0.29) is 0 Å². The minimum Gasteiger partial charge on any atom is -0.507 e. The van der Waals surface area contributed by atoms with Gasteiger partial charge in [0, 0.05) is 30.8 Å². The molecule has 0 radical (unpaired) electrons. The average Bonchev–Trinajstić information content (AvgIpc) is 2.74. The molecule has 0 spiro atoms. The third-order valence-corrected chi connectivity index (χ3v) is 6.87. The van der Waals surface area contributed by atoms with Gasteiger partial charge in [0.25, 0.3) is 0 Å². The lowest BCUT2D eigenvalue weighted by molar-refractivity contribution is 0.210. The van der Waals surface area contributed by atoms with Crippen LogP contribution in [0.1, 0.15) is 74.5 Å². The van der Waals surface area contributed by atoms with Crippen LogP contribution in [0.15, 0.2) is 12.1 Å². The van der Waals surface area contributed by atoms with Crippen molar-refractivity contribution >= 4 is 0 Å². The van der Waals surface area contributed by atoms with E-state index in [1.165, 1.54) is 103 Å². The van der Waals surface area contributed by atoms with Crippen LogP contribution in [0.25, 0.3) is 0 Å². The topological polar surface area (TPSA) is 30.0 Å². The molecule has 0 unspecified atom stereocenters. The van der Waals surface area contributed by atoms with E-state index in [0.29, 0.717) is 5.75 Å². The first-order valence-electron chi connectivity index (χ1n) is 11.8. The largest absolute Gasteiger partial charge is 0.507 e. The lowest BCUT2D eigenvalue weighted by atomic mass is 10.00. The molecule has 3 heterocycles. The molecule has 156 valence electrons. The van der Waals surface area contributed by atoms with Gasteiger partial charge in [0.05, 0.1) is 0 Å². The predicted octanol–water partition coefficient (Wildman–Crippen LogP) is 4.35. The predicted molar refractivity (Wildman–Crippen MR) is 115 cm³/mol. The molecule has 0 amide bonds. The Labute approximate surface area is 171 Å². The lowest BCUT2D eigenvalue weighted by Crippen LogP contribution is -2.31. The molecule has 0 saturated carbocycles. The first kappa shape index (κ1) is 20.2. The van der Waals surface area contributed by atoms with Gasteiger partial charge in [-0.25, -0.2) is 0 Å². The highest BCUT2D eigenvalue weighted by Gasteiger charge is 2.19. The summed E-state index contributed by atoms with van der Waals surface area (Å²) in [5.41, 5.74) is 3.71. The van der Waals surface area contributed by atoms with Crippen LogP contribution in [0.3, 0.4) is 0 Å². The Morgan fingerprint density at radius 3 is 1.29 bits per heavy atom. The summed E-state index contributed by atoms with van der Waals surface area (Å²) in [4.78, 5) is 7.67. The van der Waals surface area contributed by atoms with Crippen LogP contribution in [0.5, 0.6) is 5.75 Å². The molecule has 0 aromatic heterocycles. The Morgan fingerprint density at radius 2 is 0.893 bits per heavy atom. The van der Waals surface area contributed by atoms with Gasteiger partial charge in [0.2, 0.25) is 0 Å². The quantitative estimate of drug-likeness (QED) is 0.788. The van der Waals surface area contributed by atoms with Crippen molar-refractivity contribution in [2.24, 2.45) is 0 Å². The van der Waals surface area contributed by atoms with E-state index in [1.54, 1.807) is 0 Å². The second-order valence-corrected chi connectivity index (χ2v) is 9.27. The Kier molecular flexibility index (Phi) is 7.27. The summed E-state index contributed by atoms with van der Waals surface area (Å²) < 4.78 is 0. The highest BCUT2D eigenvalue weighted by molar-refractivity contribution is 5.44. The van der Waals surface area contributed by atoms with Crippen molar-refractivity contribution in [1.82, 2.24) is 14.7 Å². The van der Waals surface area contributed by atoms with E-state index in [4.69, 9.17) is 0 Å². The number of nitrogens with zero attached hydrogens (tertiary/aromatic N) is 3. The number of likely N-dealkylation sites (tertiary alicyclic amines) is 3. The highest BCUT2D eigenvalue weighted by atomic mass is 16.3. The summed E-state index contributed by atoms with van der Waals surface area (Å²) in [5.74, 6) is 0.568. The van der Waals surface area contributed by atoms with Gasteiger partial charge in [-0.05, 0) is 95.5 Å². The zero-order valence-electron chi connectivity index (χ0n) is 17.7. The third kappa shape index (κ3) is 5.49. The van der Waals surface area contributed by atoms with Gasteiger partial charge in [-0.15, -0.1) is 0 Å². The number of phenols is 1. The van der Waals surface area contributed by atoms with E-state index in [9.17, 15) is 5.11 Å². The number of aromatic hydroxyl groups is 1. The first-order chi connectivity index (χ1) is 13.8. The number of hydrogen-bond donors (Lipinski definition) is 1. The molecule has 1 aromatic carbocycles. The molecular formula is C24H39N3O. The minimum absolute atomic E-state index is 0.568. The maximum absolute atomic E-state index is 11.1.